The Hall–Kier alpha value is -0.800. The van der Waals surface area contributed by atoms with Crippen LogP contribution in [0, 0.1) is 12.3 Å². The molecule has 3 nitrogen and oxygen atoms in total. The molecule has 0 spiro atoms. The smallest absolute Gasteiger partial charge is 0.0812 e. The maximum absolute atomic E-state index is 10.4. The topological polar surface area (TPSA) is 34.4 Å². The molecule has 1 aromatic heterocycles. The van der Waals surface area contributed by atoms with Crippen molar-refractivity contribution in [3.05, 3.63) is 23.0 Å². The van der Waals surface area contributed by atoms with Crippen LogP contribution in [0.15, 0.2) is 6.07 Å². The SMILES string of the molecule is CCC(COC)n1c(C)cc2c1CC(C)(C)CC2O. The van der Waals surface area contributed by atoms with E-state index in [9.17, 15) is 5.11 Å². The summed E-state index contributed by atoms with van der Waals surface area (Å²) in [5.74, 6) is 0. The summed E-state index contributed by atoms with van der Waals surface area (Å²) in [6.45, 7) is 9.54. The fourth-order valence-electron chi connectivity index (χ4n) is 3.44. The van der Waals surface area contributed by atoms with Gasteiger partial charge in [-0.3, -0.25) is 0 Å². The van der Waals surface area contributed by atoms with E-state index in [1.54, 1.807) is 7.11 Å². The molecule has 1 heterocycles. The molecule has 0 fully saturated rings. The summed E-state index contributed by atoms with van der Waals surface area (Å²) in [4.78, 5) is 0. The van der Waals surface area contributed by atoms with Crippen LogP contribution in [0.1, 0.15) is 62.7 Å². The van der Waals surface area contributed by atoms with Crippen LogP contribution < -0.4 is 0 Å². The highest BCUT2D eigenvalue weighted by atomic mass is 16.5. The molecule has 1 aliphatic rings. The van der Waals surface area contributed by atoms with Gasteiger partial charge in [0.2, 0.25) is 0 Å². The number of methoxy groups -OCH3 is 1. The quantitative estimate of drug-likeness (QED) is 0.905. The second-order valence-corrected chi connectivity index (χ2v) is 6.64. The minimum absolute atomic E-state index is 0.167. The van der Waals surface area contributed by atoms with Gasteiger partial charge in [0.1, 0.15) is 0 Å². The molecule has 1 aliphatic carbocycles. The number of nitrogens with zero attached hydrogens (tertiary/aromatic N) is 1. The lowest BCUT2D eigenvalue weighted by molar-refractivity contribution is 0.0950. The molecule has 0 saturated carbocycles. The van der Waals surface area contributed by atoms with Gasteiger partial charge in [0.05, 0.1) is 18.8 Å². The normalized spacial score (nSPS) is 23.2. The number of rotatable bonds is 4. The highest BCUT2D eigenvalue weighted by Gasteiger charge is 2.35. The summed E-state index contributed by atoms with van der Waals surface area (Å²) in [5, 5.41) is 10.4. The summed E-state index contributed by atoms with van der Waals surface area (Å²) in [7, 11) is 1.76. The van der Waals surface area contributed by atoms with Gasteiger partial charge >= 0.3 is 0 Å². The predicted molar refractivity (Wildman–Crippen MR) is 77.4 cm³/mol. The van der Waals surface area contributed by atoms with Crippen LogP contribution in [0.5, 0.6) is 0 Å². The van der Waals surface area contributed by atoms with Crippen molar-refractivity contribution in [3.8, 4) is 0 Å². The first-order chi connectivity index (χ1) is 8.89. The molecule has 0 aromatic carbocycles. The number of fused-ring (bicyclic) bond motifs is 1. The summed E-state index contributed by atoms with van der Waals surface area (Å²) in [5.41, 5.74) is 3.85. The van der Waals surface area contributed by atoms with E-state index in [-0.39, 0.29) is 11.5 Å². The maximum Gasteiger partial charge on any atom is 0.0812 e. The van der Waals surface area contributed by atoms with Crippen molar-refractivity contribution in [3.63, 3.8) is 0 Å². The number of aliphatic hydroxyl groups is 1. The van der Waals surface area contributed by atoms with Crippen molar-refractivity contribution in [1.82, 2.24) is 4.57 Å². The molecular weight excluding hydrogens is 238 g/mol. The van der Waals surface area contributed by atoms with Crippen LogP contribution in [0.3, 0.4) is 0 Å². The lowest BCUT2D eigenvalue weighted by atomic mass is 9.75. The van der Waals surface area contributed by atoms with E-state index in [1.807, 2.05) is 0 Å². The Kier molecular flexibility index (Phi) is 4.07. The van der Waals surface area contributed by atoms with Gasteiger partial charge in [-0.05, 0) is 37.7 Å². The number of hydrogen-bond donors (Lipinski definition) is 1. The number of hydrogen-bond acceptors (Lipinski definition) is 2. The average Bonchev–Trinajstić information content (AvgIpc) is 2.62. The highest BCUT2D eigenvalue weighted by Crippen LogP contribution is 2.43. The highest BCUT2D eigenvalue weighted by molar-refractivity contribution is 5.33. The molecule has 2 atom stereocenters. The molecule has 0 bridgehead atoms. The fraction of sp³-hybridized carbons (Fsp3) is 0.750. The van der Waals surface area contributed by atoms with E-state index in [0.29, 0.717) is 6.04 Å². The Bertz CT molecular complexity index is 448. The molecule has 19 heavy (non-hydrogen) atoms. The Morgan fingerprint density at radius 2 is 2.21 bits per heavy atom. The second-order valence-electron chi connectivity index (χ2n) is 6.64. The van der Waals surface area contributed by atoms with Gasteiger partial charge in [0.15, 0.2) is 0 Å². The summed E-state index contributed by atoms with van der Waals surface area (Å²) in [6, 6.07) is 2.53. The van der Waals surface area contributed by atoms with Crippen LogP contribution in [0.25, 0.3) is 0 Å². The van der Waals surface area contributed by atoms with E-state index in [2.05, 4.69) is 38.3 Å². The third kappa shape index (κ3) is 2.72. The third-order valence-corrected chi connectivity index (χ3v) is 4.31. The first-order valence-electron chi connectivity index (χ1n) is 7.27. The van der Waals surface area contributed by atoms with Gasteiger partial charge in [-0.2, -0.15) is 0 Å². The average molecular weight is 265 g/mol. The zero-order chi connectivity index (χ0) is 14.2. The minimum Gasteiger partial charge on any atom is -0.388 e. The molecule has 3 heteroatoms. The first kappa shape index (κ1) is 14.6. The molecule has 2 rings (SSSR count). The molecule has 0 saturated heterocycles. The van der Waals surface area contributed by atoms with E-state index < -0.39 is 0 Å². The monoisotopic (exact) mass is 265 g/mol. The molecule has 2 unspecified atom stereocenters. The minimum atomic E-state index is -0.321. The zero-order valence-electron chi connectivity index (χ0n) is 12.9. The van der Waals surface area contributed by atoms with Crippen LogP contribution in [0.4, 0.5) is 0 Å². The van der Waals surface area contributed by atoms with Crippen molar-refractivity contribution in [2.75, 3.05) is 13.7 Å². The fourth-order valence-corrected chi connectivity index (χ4v) is 3.44. The van der Waals surface area contributed by atoms with Gasteiger partial charge in [0.25, 0.3) is 0 Å². The summed E-state index contributed by atoms with van der Waals surface area (Å²) >= 11 is 0. The van der Waals surface area contributed by atoms with E-state index >= 15 is 0 Å². The van der Waals surface area contributed by atoms with Crippen molar-refractivity contribution >= 4 is 0 Å². The zero-order valence-corrected chi connectivity index (χ0v) is 12.9. The molecule has 0 aliphatic heterocycles. The van der Waals surface area contributed by atoms with Crippen molar-refractivity contribution < 1.29 is 9.84 Å². The van der Waals surface area contributed by atoms with Crippen LogP contribution in [-0.4, -0.2) is 23.4 Å². The molecule has 108 valence electrons. The summed E-state index contributed by atoms with van der Waals surface area (Å²) in [6.07, 6.45) is 2.61. The number of aromatic nitrogens is 1. The molecule has 0 amide bonds. The molecule has 1 aromatic rings. The number of aryl methyl sites for hydroxylation is 1. The van der Waals surface area contributed by atoms with Gasteiger partial charge < -0.3 is 14.4 Å². The Morgan fingerprint density at radius 3 is 2.79 bits per heavy atom. The third-order valence-electron chi connectivity index (χ3n) is 4.31. The lowest BCUT2D eigenvalue weighted by Crippen LogP contribution is -2.28. The van der Waals surface area contributed by atoms with Gasteiger partial charge in [-0.25, -0.2) is 0 Å². The van der Waals surface area contributed by atoms with E-state index in [4.69, 9.17) is 4.74 Å². The number of ether oxygens (including phenoxy) is 1. The van der Waals surface area contributed by atoms with Crippen molar-refractivity contribution in [2.45, 2.75) is 59.1 Å². The molecule has 1 N–H and O–H groups in total. The lowest BCUT2D eigenvalue weighted by Gasteiger charge is -2.35. The number of aliphatic hydroxyl groups excluding tert-OH is 1. The molecule has 0 radical (unpaired) electrons. The Labute approximate surface area is 116 Å². The first-order valence-corrected chi connectivity index (χ1v) is 7.27. The van der Waals surface area contributed by atoms with Crippen LogP contribution >= 0.6 is 0 Å². The molecular formula is C16H27NO2. The predicted octanol–water partition coefficient (Wildman–Crippen LogP) is 3.40. The van der Waals surface area contributed by atoms with Gasteiger partial charge in [-0.1, -0.05) is 20.8 Å². The van der Waals surface area contributed by atoms with Crippen molar-refractivity contribution in [2.24, 2.45) is 5.41 Å². The van der Waals surface area contributed by atoms with Gasteiger partial charge in [-0.15, -0.1) is 0 Å². The van der Waals surface area contributed by atoms with Gasteiger partial charge in [0, 0.05) is 24.1 Å². The van der Waals surface area contributed by atoms with E-state index in [0.717, 1.165) is 31.4 Å². The Morgan fingerprint density at radius 1 is 1.53 bits per heavy atom. The Balaban J connectivity index is 2.46. The standard InChI is InChI=1S/C16H27NO2/c1-6-12(10-19-5)17-11(2)7-13-14(17)8-16(3,4)9-15(13)18/h7,12,15,18H,6,8-10H2,1-5H3. The van der Waals surface area contributed by atoms with Crippen molar-refractivity contribution in [1.29, 1.82) is 0 Å². The summed E-state index contributed by atoms with van der Waals surface area (Å²) < 4.78 is 7.75. The van der Waals surface area contributed by atoms with Crippen LogP contribution in [-0.2, 0) is 11.2 Å². The largest absolute Gasteiger partial charge is 0.388 e. The maximum atomic E-state index is 10.4. The second kappa shape index (κ2) is 5.29. The van der Waals surface area contributed by atoms with Crippen LogP contribution in [0.2, 0.25) is 0 Å². The van der Waals surface area contributed by atoms with E-state index in [1.165, 1.54) is 11.4 Å².